The number of fused-ring (bicyclic) bond motifs is 1. The summed E-state index contributed by atoms with van der Waals surface area (Å²) in [4.78, 5) is 24.4. The third kappa shape index (κ3) is 3.01. The van der Waals surface area contributed by atoms with E-state index < -0.39 is 18.0 Å². The number of amides is 1. The highest BCUT2D eigenvalue weighted by atomic mass is 16.5. The molecule has 0 spiro atoms. The fourth-order valence-electron chi connectivity index (χ4n) is 2.76. The topological polar surface area (TPSA) is 81.4 Å². The number of hydrogen-bond donors (Lipinski definition) is 1. The number of nitrogens with zero attached hydrogens (tertiary/aromatic N) is 1. The van der Waals surface area contributed by atoms with Crippen molar-refractivity contribution in [1.82, 2.24) is 5.16 Å². The maximum absolute atomic E-state index is 12.4. The summed E-state index contributed by atoms with van der Waals surface area (Å²) in [6.07, 6.45) is -0.559. The molecule has 3 aromatic rings. The minimum atomic E-state index is -0.890. The summed E-state index contributed by atoms with van der Waals surface area (Å²) in [5, 5.41) is 6.48. The Bertz CT molecular complexity index is 933. The second-order valence-electron chi connectivity index (χ2n) is 5.69. The largest absolute Gasteiger partial charge is 0.448 e. The summed E-state index contributed by atoms with van der Waals surface area (Å²) in [5.41, 5.74) is 2.15. The first-order chi connectivity index (χ1) is 12.2. The number of ether oxygens (including phenoxy) is 1. The summed E-state index contributed by atoms with van der Waals surface area (Å²) in [7, 11) is 0. The van der Waals surface area contributed by atoms with Crippen LogP contribution in [0.5, 0.6) is 0 Å². The fourth-order valence-corrected chi connectivity index (χ4v) is 2.76. The zero-order valence-corrected chi connectivity index (χ0v) is 13.1. The molecule has 0 bridgehead atoms. The average Bonchev–Trinajstić information content (AvgIpc) is 3.11. The molecule has 1 aromatic heterocycles. The van der Waals surface area contributed by atoms with Crippen molar-refractivity contribution >= 4 is 17.7 Å². The van der Waals surface area contributed by atoms with Crippen LogP contribution in [-0.4, -0.2) is 23.1 Å². The minimum absolute atomic E-state index is 0.277. The zero-order chi connectivity index (χ0) is 17.2. The van der Waals surface area contributed by atoms with E-state index in [0.29, 0.717) is 17.7 Å². The smallest absolute Gasteiger partial charge is 0.339 e. The van der Waals surface area contributed by atoms with Crippen LogP contribution in [0.2, 0.25) is 0 Å². The Balaban J connectivity index is 1.48. The number of anilines is 1. The predicted octanol–water partition coefficient (Wildman–Crippen LogP) is 3.06. The van der Waals surface area contributed by atoms with Crippen molar-refractivity contribution in [2.45, 2.75) is 12.5 Å². The molecule has 0 aliphatic carbocycles. The molecule has 124 valence electrons. The lowest BCUT2D eigenvalue weighted by Crippen LogP contribution is -2.38. The van der Waals surface area contributed by atoms with Gasteiger partial charge in [0.2, 0.25) is 0 Å². The van der Waals surface area contributed by atoms with Gasteiger partial charge < -0.3 is 14.6 Å². The van der Waals surface area contributed by atoms with Crippen molar-refractivity contribution in [3.8, 4) is 11.3 Å². The van der Waals surface area contributed by atoms with Crippen molar-refractivity contribution in [3.63, 3.8) is 0 Å². The van der Waals surface area contributed by atoms with E-state index >= 15 is 0 Å². The standard InChI is InChI=1S/C19H14N2O4/c22-18(16-10-13-8-4-5-9-14(13)19(23)24-16)20-17-11-15(25-21-17)12-6-2-1-3-7-12/h1-9,11,16H,10H2,(H,20,21,22). The van der Waals surface area contributed by atoms with Crippen molar-refractivity contribution in [2.24, 2.45) is 0 Å². The van der Waals surface area contributed by atoms with E-state index in [2.05, 4.69) is 10.5 Å². The van der Waals surface area contributed by atoms with Crippen molar-refractivity contribution in [2.75, 3.05) is 5.32 Å². The van der Waals surface area contributed by atoms with Gasteiger partial charge in [0.15, 0.2) is 17.7 Å². The Morgan fingerprint density at radius 3 is 2.68 bits per heavy atom. The number of nitrogens with one attached hydrogen (secondary N) is 1. The summed E-state index contributed by atoms with van der Waals surface area (Å²) in [5.74, 6) is -0.108. The maximum Gasteiger partial charge on any atom is 0.339 e. The van der Waals surface area contributed by atoms with Crippen LogP contribution in [-0.2, 0) is 16.0 Å². The number of esters is 1. The molecule has 6 nitrogen and oxygen atoms in total. The van der Waals surface area contributed by atoms with Crippen molar-refractivity contribution in [3.05, 3.63) is 71.8 Å². The van der Waals surface area contributed by atoms with Crippen LogP contribution >= 0.6 is 0 Å². The van der Waals surface area contributed by atoms with Crippen LogP contribution in [0, 0.1) is 0 Å². The third-order valence-corrected chi connectivity index (χ3v) is 4.00. The van der Waals surface area contributed by atoms with Crippen LogP contribution < -0.4 is 5.32 Å². The normalized spacial score (nSPS) is 16.0. The summed E-state index contributed by atoms with van der Waals surface area (Å²) in [6, 6.07) is 18.2. The molecule has 25 heavy (non-hydrogen) atoms. The highest BCUT2D eigenvalue weighted by molar-refractivity contribution is 5.99. The molecular formula is C19H14N2O4. The van der Waals surface area contributed by atoms with Gasteiger partial charge in [0.1, 0.15) is 0 Å². The molecule has 1 amide bonds. The van der Waals surface area contributed by atoms with Gasteiger partial charge in [0.05, 0.1) is 5.56 Å². The molecule has 2 heterocycles. The number of rotatable bonds is 3. The highest BCUT2D eigenvalue weighted by Crippen LogP contribution is 2.24. The van der Waals surface area contributed by atoms with Crippen LogP contribution in [0.3, 0.4) is 0 Å². The maximum atomic E-state index is 12.4. The average molecular weight is 334 g/mol. The lowest BCUT2D eigenvalue weighted by molar-refractivity contribution is -0.125. The lowest BCUT2D eigenvalue weighted by Gasteiger charge is -2.23. The van der Waals surface area contributed by atoms with E-state index in [0.717, 1.165) is 11.1 Å². The zero-order valence-electron chi connectivity index (χ0n) is 13.1. The summed E-state index contributed by atoms with van der Waals surface area (Å²) in [6.45, 7) is 0. The second-order valence-corrected chi connectivity index (χ2v) is 5.69. The summed E-state index contributed by atoms with van der Waals surface area (Å²) >= 11 is 0. The van der Waals surface area contributed by atoms with Crippen molar-refractivity contribution < 1.29 is 18.8 Å². The quantitative estimate of drug-likeness (QED) is 0.745. The van der Waals surface area contributed by atoms with E-state index in [1.165, 1.54) is 0 Å². The molecule has 6 heteroatoms. The molecule has 1 atom stereocenters. The Morgan fingerprint density at radius 2 is 1.84 bits per heavy atom. The van der Waals surface area contributed by atoms with E-state index in [-0.39, 0.29) is 5.82 Å². The van der Waals surface area contributed by atoms with Gasteiger partial charge in [-0.05, 0) is 11.6 Å². The van der Waals surface area contributed by atoms with Gasteiger partial charge in [-0.1, -0.05) is 53.7 Å². The molecular weight excluding hydrogens is 320 g/mol. The van der Waals surface area contributed by atoms with Crippen molar-refractivity contribution in [1.29, 1.82) is 0 Å². The number of carbonyl (C=O) groups excluding carboxylic acids is 2. The SMILES string of the molecule is O=C1OC(C(=O)Nc2cc(-c3ccccc3)on2)Cc2ccccc21. The van der Waals surface area contributed by atoms with E-state index in [9.17, 15) is 9.59 Å². The Morgan fingerprint density at radius 1 is 1.08 bits per heavy atom. The number of aromatic nitrogens is 1. The molecule has 0 radical (unpaired) electrons. The van der Waals surface area contributed by atoms with Crippen LogP contribution in [0.25, 0.3) is 11.3 Å². The third-order valence-electron chi connectivity index (χ3n) is 4.00. The Labute approximate surface area is 143 Å². The van der Waals surface area contributed by atoms with Gasteiger partial charge in [-0.25, -0.2) is 4.79 Å². The summed E-state index contributed by atoms with van der Waals surface area (Å²) < 4.78 is 10.5. The van der Waals surface area contributed by atoms with Gasteiger partial charge in [-0.3, -0.25) is 4.79 Å². The molecule has 4 rings (SSSR count). The van der Waals surface area contributed by atoms with Crippen LogP contribution in [0.4, 0.5) is 5.82 Å². The first-order valence-corrected chi connectivity index (χ1v) is 7.82. The Hall–Kier alpha value is -3.41. The van der Waals surface area contributed by atoms with Gasteiger partial charge in [0.25, 0.3) is 5.91 Å². The van der Waals surface area contributed by atoms with Crippen LogP contribution in [0.1, 0.15) is 15.9 Å². The molecule has 1 aliphatic rings. The first kappa shape index (κ1) is 15.1. The molecule has 1 aliphatic heterocycles. The Kier molecular flexibility index (Phi) is 3.78. The number of carbonyl (C=O) groups is 2. The van der Waals surface area contributed by atoms with Gasteiger partial charge in [-0.2, -0.15) is 0 Å². The predicted molar refractivity (Wildman–Crippen MR) is 89.9 cm³/mol. The lowest BCUT2D eigenvalue weighted by atomic mass is 9.98. The van der Waals surface area contributed by atoms with Gasteiger partial charge in [-0.15, -0.1) is 0 Å². The minimum Gasteiger partial charge on any atom is -0.448 e. The highest BCUT2D eigenvalue weighted by Gasteiger charge is 2.31. The van der Waals surface area contributed by atoms with E-state index in [4.69, 9.17) is 9.26 Å². The molecule has 2 aromatic carbocycles. The van der Waals surface area contributed by atoms with Crippen LogP contribution in [0.15, 0.2) is 65.2 Å². The second kappa shape index (κ2) is 6.24. The molecule has 1 unspecified atom stereocenters. The molecule has 0 fully saturated rings. The molecule has 0 saturated carbocycles. The first-order valence-electron chi connectivity index (χ1n) is 7.82. The van der Waals surface area contributed by atoms with E-state index in [1.54, 1.807) is 18.2 Å². The molecule has 1 N–H and O–H groups in total. The molecule has 0 saturated heterocycles. The number of cyclic esters (lactones) is 1. The van der Waals surface area contributed by atoms with E-state index in [1.807, 2.05) is 42.5 Å². The monoisotopic (exact) mass is 334 g/mol. The fraction of sp³-hybridized carbons (Fsp3) is 0.105. The number of benzene rings is 2. The van der Waals surface area contributed by atoms with Gasteiger partial charge >= 0.3 is 5.97 Å². The van der Waals surface area contributed by atoms with Gasteiger partial charge in [0, 0.05) is 18.1 Å². The number of hydrogen-bond acceptors (Lipinski definition) is 5.